The Bertz CT molecular complexity index is 397. The molecule has 20 heavy (non-hydrogen) atoms. The van der Waals surface area contributed by atoms with Gasteiger partial charge in [0, 0.05) is 0 Å². The molecule has 0 aromatic heterocycles. The second-order valence-corrected chi connectivity index (χ2v) is 12.7. The second-order valence-electron chi connectivity index (χ2n) is 6.22. The molecule has 0 aromatic carbocycles. The summed E-state index contributed by atoms with van der Waals surface area (Å²) < 4.78 is 47.1. The summed E-state index contributed by atoms with van der Waals surface area (Å²) in [6.45, 7) is 3.30. The molecular weight excluding hydrogens is 304 g/mol. The fourth-order valence-electron chi connectivity index (χ4n) is 2.50. The predicted molar refractivity (Wildman–Crippen MR) is 61.2 cm³/mol. The second kappa shape index (κ2) is 4.89. The van der Waals surface area contributed by atoms with E-state index >= 15 is 0 Å². The van der Waals surface area contributed by atoms with Crippen LogP contribution in [0.15, 0.2) is 0 Å². The first-order chi connectivity index (χ1) is 9.61. The summed E-state index contributed by atoms with van der Waals surface area (Å²) in [7, 11) is 0. The quantitative estimate of drug-likeness (QED) is 0.422. The van der Waals surface area contributed by atoms with Gasteiger partial charge in [0.1, 0.15) is 0 Å². The molecule has 4 atom stereocenters. The molecule has 0 saturated carbocycles. The van der Waals surface area contributed by atoms with Gasteiger partial charge in [-0.25, -0.2) is 0 Å². The van der Waals surface area contributed by atoms with Crippen molar-refractivity contribution in [1.82, 2.24) is 0 Å². The minimum atomic E-state index is -4.78. The van der Waals surface area contributed by atoms with Crippen molar-refractivity contribution in [2.45, 2.75) is 33.9 Å². The standard InChI is InChI=1S/2C3H5O2.2C3H5O.O.Ti/c2*4-1-3-2-5-3;2*1-3-2-4-3;;/h2*3H,1-2H2;2*3H,1-2H2;;/q2*-1;;;;+2. The Morgan fingerprint density at radius 1 is 0.750 bits per heavy atom. The van der Waals surface area contributed by atoms with Crippen molar-refractivity contribution < 1.29 is 45.0 Å². The van der Waals surface area contributed by atoms with Gasteiger partial charge in [-0.2, -0.15) is 0 Å². The molecule has 0 aromatic rings. The molecule has 4 aliphatic rings. The van der Waals surface area contributed by atoms with Crippen LogP contribution >= 0.6 is 0 Å². The molecule has 0 aliphatic carbocycles. The fourth-order valence-corrected chi connectivity index (χ4v) is 8.85. The van der Waals surface area contributed by atoms with Crippen LogP contribution in [-0.4, -0.2) is 64.1 Å². The van der Waals surface area contributed by atoms with Crippen LogP contribution in [0.1, 0.15) is 0 Å². The van der Waals surface area contributed by atoms with E-state index in [1.165, 1.54) is 0 Å². The topological polar surface area (TPSA) is 85.7 Å². The maximum absolute atomic E-state index is 13.7. The third-order valence-electron chi connectivity index (χ3n) is 4.04. The summed E-state index contributed by atoms with van der Waals surface area (Å²) in [6.07, 6.45) is 0.132. The zero-order chi connectivity index (χ0) is 13.7. The van der Waals surface area contributed by atoms with Crippen molar-refractivity contribution in [3.05, 3.63) is 0 Å². The summed E-state index contributed by atoms with van der Waals surface area (Å²) in [6, 6.07) is 0. The van der Waals surface area contributed by atoms with Crippen molar-refractivity contribution in [2.75, 3.05) is 39.6 Å². The van der Waals surface area contributed by atoms with Crippen LogP contribution in [0.5, 0.6) is 0 Å². The van der Waals surface area contributed by atoms with E-state index in [1.807, 2.05) is 0 Å². The van der Waals surface area contributed by atoms with E-state index in [0.717, 1.165) is 0 Å². The molecule has 0 N–H and O–H groups in total. The molecule has 0 spiro atoms. The predicted octanol–water partition coefficient (Wildman–Crippen LogP) is 0.316. The van der Waals surface area contributed by atoms with Crippen molar-refractivity contribution >= 4 is 0 Å². The number of hydrogen-bond donors (Lipinski definition) is 0. The third-order valence-corrected chi connectivity index (χ3v) is 10.5. The molecule has 4 saturated heterocycles. The summed E-state index contributed by atoms with van der Waals surface area (Å²) in [5.41, 5.74) is 0. The Hall–Kier alpha value is 0.274. The van der Waals surface area contributed by atoms with Gasteiger partial charge < -0.3 is 0 Å². The number of epoxide rings is 4. The Labute approximate surface area is 118 Å². The summed E-state index contributed by atoms with van der Waals surface area (Å²) >= 11 is -4.78. The zero-order valence-electron chi connectivity index (χ0n) is 11.3. The Morgan fingerprint density at radius 2 is 1.10 bits per heavy atom. The van der Waals surface area contributed by atoms with E-state index in [9.17, 15) is 3.32 Å². The molecule has 4 rings (SSSR count). The van der Waals surface area contributed by atoms with E-state index in [-0.39, 0.29) is 24.4 Å². The molecule has 0 bridgehead atoms. The minimum absolute atomic E-state index is 0.00323. The number of hydrogen-bond acceptors (Lipinski definition) is 7. The molecule has 4 unspecified atom stereocenters. The van der Waals surface area contributed by atoms with Crippen LogP contribution in [-0.2, 0) is 45.0 Å². The summed E-state index contributed by atoms with van der Waals surface area (Å²) in [5.74, 6) is 0. The van der Waals surface area contributed by atoms with E-state index in [0.29, 0.717) is 49.1 Å². The van der Waals surface area contributed by atoms with Crippen LogP contribution in [0.25, 0.3) is 0 Å². The summed E-state index contributed by atoms with van der Waals surface area (Å²) in [4.78, 5) is 0. The molecule has 4 heterocycles. The van der Waals surface area contributed by atoms with E-state index in [2.05, 4.69) is 0 Å². The van der Waals surface area contributed by atoms with Crippen molar-refractivity contribution in [3.63, 3.8) is 0 Å². The first kappa shape index (κ1) is 13.9. The molecule has 0 radical (unpaired) electrons. The Morgan fingerprint density at radius 3 is 1.40 bits per heavy atom. The average Bonchev–Trinajstić information content (AvgIpc) is 3.17. The molecule has 8 heteroatoms. The summed E-state index contributed by atoms with van der Waals surface area (Å²) in [5, 5.41) is 0. The zero-order valence-corrected chi connectivity index (χ0v) is 12.9. The van der Waals surface area contributed by atoms with E-state index in [1.54, 1.807) is 0 Å². The number of ether oxygens (including phenoxy) is 4. The van der Waals surface area contributed by atoms with Crippen LogP contribution in [0.3, 0.4) is 0 Å². The maximum atomic E-state index is 13.7. The van der Waals surface area contributed by atoms with E-state index in [4.69, 9.17) is 25.6 Å². The molecule has 7 nitrogen and oxygen atoms in total. The molecule has 114 valence electrons. The van der Waals surface area contributed by atoms with Gasteiger partial charge in [0.15, 0.2) is 0 Å². The number of rotatable bonds is 10. The van der Waals surface area contributed by atoms with Gasteiger partial charge in [0.2, 0.25) is 0 Å². The van der Waals surface area contributed by atoms with Crippen molar-refractivity contribution in [1.29, 1.82) is 0 Å². The molecule has 4 fully saturated rings. The SMILES string of the molecule is [O]=[Ti]([CH2]C1CO1)([CH2]C1CO1)([O]CC1CO1)[O]CC1CO1. The first-order valence-corrected chi connectivity index (χ1v) is 11.4. The van der Waals surface area contributed by atoms with E-state index < -0.39 is 16.1 Å². The van der Waals surface area contributed by atoms with Crippen molar-refractivity contribution in [3.8, 4) is 0 Å². The fraction of sp³-hybridized carbons (Fsp3) is 1.00. The van der Waals surface area contributed by atoms with Crippen LogP contribution in [0.2, 0.25) is 9.45 Å². The van der Waals surface area contributed by atoms with Gasteiger partial charge in [-0.1, -0.05) is 0 Å². The average molecular weight is 324 g/mol. The van der Waals surface area contributed by atoms with Gasteiger partial charge in [0.05, 0.1) is 0 Å². The Kier molecular flexibility index (Phi) is 3.40. The van der Waals surface area contributed by atoms with Gasteiger partial charge in [-0.05, 0) is 0 Å². The van der Waals surface area contributed by atoms with Crippen LogP contribution < -0.4 is 0 Å². The van der Waals surface area contributed by atoms with Crippen LogP contribution in [0, 0.1) is 0 Å². The van der Waals surface area contributed by atoms with Crippen molar-refractivity contribution in [2.24, 2.45) is 0 Å². The first-order valence-electron chi connectivity index (χ1n) is 7.26. The molecule has 4 aliphatic heterocycles. The van der Waals surface area contributed by atoms with Gasteiger partial charge in [-0.15, -0.1) is 0 Å². The van der Waals surface area contributed by atoms with Gasteiger partial charge in [0.25, 0.3) is 0 Å². The Balaban J connectivity index is 1.48. The van der Waals surface area contributed by atoms with Gasteiger partial charge in [-0.3, -0.25) is 0 Å². The molecular formula is C12H20O7Ti. The third kappa shape index (κ3) is 3.72. The van der Waals surface area contributed by atoms with Crippen LogP contribution in [0.4, 0.5) is 0 Å². The molecule has 0 amide bonds. The monoisotopic (exact) mass is 324 g/mol. The van der Waals surface area contributed by atoms with Gasteiger partial charge >= 0.3 is 118 Å². The normalized spacial score (nSPS) is 38.6.